The first-order chi connectivity index (χ1) is 12.6. The topological polar surface area (TPSA) is 36.8 Å². The smallest absolute Gasteiger partial charge is 0.137 e. The molecule has 0 radical (unpaired) electrons. The molecule has 0 aliphatic carbocycles. The maximum absolute atomic E-state index is 9.41. The van der Waals surface area contributed by atoms with Crippen LogP contribution in [0.2, 0.25) is 5.02 Å². The van der Waals surface area contributed by atoms with Crippen LogP contribution >= 0.6 is 11.6 Å². The Bertz CT molecular complexity index is 800. The summed E-state index contributed by atoms with van der Waals surface area (Å²) in [7, 11) is 0. The highest BCUT2D eigenvalue weighted by atomic mass is 35.5. The minimum Gasteiger partial charge on any atom is -0.508 e. The molecule has 3 heteroatoms. The molecular weight excluding hydrogens is 342 g/mol. The summed E-state index contributed by atoms with van der Waals surface area (Å²) in [4.78, 5) is 0. The number of rotatable bonds is 7. The van der Waals surface area contributed by atoms with Gasteiger partial charge in [-0.25, -0.2) is 0 Å². The van der Waals surface area contributed by atoms with Gasteiger partial charge < -0.3 is 10.4 Å². The van der Waals surface area contributed by atoms with E-state index in [2.05, 4.69) is 54.7 Å². The minimum atomic E-state index is 0.253. The molecule has 3 aromatic rings. The van der Waals surface area contributed by atoms with Crippen molar-refractivity contribution in [1.29, 1.82) is 0 Å². The lowest BCUT2D eigenvalue weighted by Crippen LogP contribution is -2.90. The molecule has 3 aromatic carbocycles. The van der Waals surface area contributed by atoms with Crippen molar-refractivity contribution >= 4 is 11.6 Å². The summed E-state index contributed by atoms with van der Waals surface area (Å²) in [5, 5.41) is 12.6. The molecule has 26 heavy (non-hydrogen) atoms. The summed E-state index contributed by atoms with van der Waals surface area (Å²) < 4.78 is 0. The molecule has 0 amide bonds. The molecular formula is C23H25ClNO+. The molecule has 3 N–H and O–H groups in total. The summed E-state index contributed by atoms with van der Waals surface area (Å²) >= 11 is 6.07. The quantitative estimate of drug-likeness (QED) is 0.623. The van der Waals surface area contributed by atoms with Crippen molar-refractivity contribution in [3.63, 3.8) is 0 Å². The predicted molar refractivity (Wildman–Crippen MR) is 108 cm³/mol. The monoisotopic (exact) mass is 366 g/mol. The van der Waals surface area contributed by atoms with E-state index in [9.17, 15) is 5.11 Å². The fourth-order valence-corrected chi connectivity index (χ4v) is 3.35. The van der Waals surface area contributed by atoms with Crippen LogP contribution in [0.3, 0.4) is 0 Å². The molecule has 0 aromatic heterocycles. The predicted octanol–water partition coefficient (Wildman–Crippen LogP) is 4.72. The Morgan fingerprint density at radius 3 is 2.12 bits per heavy atom. The molecule has 0 fully saturated rings. The molecule has 0 unspecified atom stereocenters. The SMILES string of the molecule is C[C@H](CCc1ccc(O)cc1)[NH2+][C@H](c1ccccc1)c1ccc(Cl)cc1. The van der Waals surface area contributed by atoms with Gasteiger partial charge in [0.05, 0.1) is 6.04 Å². The highest BCUT2D eigenvalue weighted by molar-refractivity contribution is 6.30. The summed E-state index contributed by atoms with van der Waals surface area (Å²) in [6, 6.07) is 27.0. The molecule has 3 rings (SSSR count). The summed E-state index contributed by atoms with van der Waals surface area (Å²) in [5.74, 6) is 0.320. The van der Waals surface area contributed by atoms with Gasteiger partial charge in [-0.3, -0.25) is 0 Å². The number of hydrogen-bond acceptors (Lipinski definition) is 1. The lowest BCUT2D eigenvalue weighted by molar-refractivity contribution is -0.717. The molecule has 0 saturated heterocycles. The average Bonchev–Trinajstić information content (AvgIpc) is 2.67. The molecule has 0 aliphatic rings. The Morgan fingerprint density at radius 1 is 0.846 bits per heavy atom. The van der Waals surface area contributed by atoms with Gasteiger partial charge in [-0.15, -0.1) is 0 Å². The third-order valence-electron chi connectivity index (χ3n) is 4.73. The fourth-order valence-electron chi connectivity index (χ4n) is 3.23. The normalized spacial score (nSPS) is 13.3. The van der Waals surface area contributed by atoms with E-state index in [1.54, 1.807) is 12.1 Å². The van der Waals surface area contributed by atoms with Gasteiger partial charge in [0.25, 0.3) is 0 Å². The average molecular weight is 367 g/mol. The van der Waals surface area contributed by atoms with E-state index in [4.69, 9.17) is 11.6 Å². The van der Waals surface area contributed by atoms with Gasteiger partial charge in [-0.2, -0.15) is 0 Å². The Balaban J connectivity index is 1.70. The number of hydrogen-bond donors (Lipinski definition) is 2. The van der Waals surface area contributed by atoms with Crippen LogP contribution in [0.1, 0.15) is 36.1 Å². The van der Waals surface area contributed by atoms with Crippen LogP contribution in [-0.2, 0) is 6.42 Å². The van der Waals surface area contributed by atoms with Gasteiger partial charge in [0.2, 0.25) is 0 Å². The van der Waals surface area contributed by atoms with Crippen LogP contribution in [0.5, 0.6) is 5.75 Å². The van der Waals surface area contributed by atoms with Crippen molar-refractivity contribution in [2.24, 2.45) is 0 Å². The zero-order chi connectivity index (χ0) is 18.4. The molecule has 0 spiro atoms. The summed E-state index contributed by atoms with van der Waals surface area (Å²) in [5.41, 5.74) is 3.81. The Hall–Kier alpha value is -2.29. The second-order valence-electron chi connectivity index (χ2n) is 6.81. The number of quaternary nitrogens is 1. The van der Waals surface area contributed by atoms with E-state index >= 15 is 0 Å². The van der Waals surface area contributed by atoms with Gasteiger partial charge >= 0.3 is 0 Å². The van der Waals surface area contributed by atoms with Crippen molar-refractivity contribution in [3.8, 4) is 5.75 Å². The maximum atomic E-state index is 9.41. The lowest BCUT2D eigenvalue weighted by atomic mass is 9.97. The van der Waals surface area contributed by atoms with E-state index in [-0.39, 0.29) is 6.04 Å². The van der Waals surface area contributed by atoms with Crippen molar-refractivity contribution in [2.45, 2.75) is 31.8 Å². The zero-order valence-corrected chi connectivity index (χ0v) is 15.7. The summed E-state index contributed by atoms with van der Waals surface area (Å²) in [6.07, 6.45) is 2.07. The minimum absolute atomic E-state index is 0.253. The highest BCUT2D eigenvalue weighted by Crippen LogP contribution is 2.21. The van der Waals surface area contributed by atoms with E-state index in [1.165, 1.54) is 16.7 Å². The first-order valence-corrected chi connectivity index (χ1v) is 9.43. The first kappa shape index (κ1) is 18.5. The Labute approximate surface area is 160 Å². The van der Waals surface area contributed by atoms with Crippen LogP contribution < -0.4 is 5.32 Å². The number of halogens is 1. The van der Waals surface area contributed by atoms with Crippen LogP contribution in [-0.4, -0.2) is 11.1 Å². The molecule has 0 aliphatic heterocycles. The largest absolute Gasteiger partial charge is 0.508 e. The number of benzene rings is 3. The third kappa shape index (κ3) is 5.10. The van der Waals surface area contributed by atoms with Crippen LogP contribution in [0.15, 0.2) is 78.9 Å². The van der Waals surface area contributed by atoms with E-state index in [1.807, 2.05) is 24.3 Å². The molecule has 0 bridgehead atoms. The zero-order valence-electron chi connectivity index (χ0n) is 15.0. The van der Waals surface area contributed by atoms with E-state index < -0.39 is 0 Å². The molecule has 2 nitrogen and oxygen atoms in total. The molecule has 0 saturated carbocycles. The molecule has 2 atom stereocenters. The number of aromatic hydroxyl groups is 1. The van der Waals surface area contributed by atoms with Gasteiger partial charge in [0, 0.05) is 22.6 Å². The van der Waals surface area contributed by atoms with Crippen molar-refractivity contribution < 1.29 is 10.4 Å². The van der Waals surface area contributed by atoms with Gasteiger partial charge in [-0.1, -0.05) is 66.2 Å². The van der Waals surface area contributed by atoms with Crippen LogP contribution in [0, 0.1) is 0 Å². The van der Waals surface area contributed by atoms with Crippen molar-refractivity contribution in [1.82, 2.24) is 0 Å². The fraction of sp³-hybridized carbons (Fsp3) is 0.217. The standard InChI is InChI=1S/C23H24ClNO/c1-17(7-8-18-9-15-22(26)16-10-18)25-23(19-5-3-2-4-6-19)20-11-13-21(24)14-12-20/h2-6,9-17,23,25-26H,7-8H2,1H3/p+1/t17-,23-/m1/s1. The lowest BCUT2D eigenvalue weighted by Gasteiger charge is -2.21. The second-order valence-corrected chi connectivity index (χ2v) is 7.25. The van der Waals surface area contributed by atoms with E-state index in [0.717, 1.165) is 17.9 Å². The molecule has 134 valence electrons. The van der Waals surface area contributed by atoms with Crippen molar-refractivity contribution in [3.05, 3.63) is 101 Å². The third-order valence-corrected chi connectivity index (χ3v) is 4.99. The maximum Gasteiger partial charge on any atom is 0.137 e. The van der Waals surface area contributed by atoms with Gasteiger partial charge in [0.15, 0.2) is 0 Å². The van der Waals surface area contributed by atoms with Crippen LogP contribution in [0.4, 0.5) is 0 Å². The van der Waals surface area contributed by atoms with Crippen LogP contribution in [0.25, 0.3) is 0 Å². The Kier molecular flexibility index (Phi) is 6.32. The van der Waals surface area contributed by atoms with Gasteiger partial charge in [0.1, 0.15) is 11.8 Å². The molecule has 0 heterocycles. The number of nitrogens with two attached hydrogens (primary N) is 1. The van der Waals surface area contributed by atoms with Crippen molar-refractivity contribution in [2.75, 3.05) is 0 Å². The number of phenolic OH excluding ortho intramolecular Hbond substituents is 1. The van der Waals surface area contributed by atoms with E-state index in [0.29, 0.717) is 11.8 Å². The van der Waals surface area contributed by atoms with Gasteiger partial charge in [-0.05, 0) is 43.2 Å². The summed E-state index contributed by atoms with van der Waals surface area (Å²) in [6.45, 7) is 2.27. The second kappa shape index (κ2) is 8.88. The highest BCUT2D eigenvalue weighted by Gasteiger charge is 2.20. The number of phenols is 1. The number of aryl methyl sites for hydroxylation is 1. The Morgan fingerprint density at radius 2 is 1.46 bits per heavy atom. The first-order valence-electron chi connectivity index (χ1n) is 9.05.